The minimum absolute atomic E-state index is 0.144. The minimum atomic E-state index is -0.144. The summed E-state index contributed by atoms with van der Waals surface area (Å²) in [5.74, 6) is 1.50. The van der Waals surface area contributed by atoms with Gasteiger partial charge in [0.25, 0.3) is 0 Å². The molecule has 0 aliphatic carbocycles. The molecular formula is C16H20ClN3S. The van der Waals surface area contributed by atoms with Crippen LogP contribution in [-0.2, 0) is 5.41 Å². The molecule has 0 fully saturated rings. The van der Waals surface area contributed by atoms with Gasteiger partial charge in [0.1, 0.15) is 16.8 Å². The molecule has 1 aromatic heterocycles. The zero-order chi connectivity index (χ0) is 15.6. The van der Waals surface area contributed by atoms with Gasteiger partial charge in [0.15, 0.2) is 0 Å². The molecule has 0 saturated heterocycles. The van der Waals surface area contributed by atoms with Gasteiger partial charge in [-0.2, -0.15) is 0 Å². The number of nitrogens with one attached hydrogen (secondary N) is 1. The maximum atomic E-state index is 6.25. The van der Waals surface area contributed by atoms with Gasteiger partial charge in [-0.3, -0.25) is 0 Å². The fraction of sp³-hybridized carbons (Fsp3) is 0.375. The van der Waals surface area contributed by atoms with E-state index in [0.29, 0.717) is 5.15 Å². The Balaban J connectivity index is 2.41. The van der Waals surface area contributed by atoms with Crippen LogP contribution in [0.5, 0.6) is 0 Å². The summed E-state index contributed by atoms with van der Waals surface area (Å²) in [6, 6.07) is 8.22. The van der Waals surface area contributed by atoms with Gasteiger partial charge in [0.05, 0.1) is 0 Å². The van der Waals surface area contributed by atoms with Crippen molar-refractivity contribution in [1.82, 2.24) is 9.97 Å². The second-order valence-corrected chi connectivity index (χ2v) is 7.16. The minimum Gasteiger partial charge on any atom is -0.340 e. The number of aromatic nitrogens is 2. The van der Waals surface area contributed by atoms with E-state index in [1.807, 2.05) is 19.1 Å². The van der Waals surface area contributed by atoms with Crippen LogP contribution >= 0.6 is 23.4 Å². The molecule has 1 aromatic carbocycles. The van der Waals surface area contributed by atoms with E-state index in [0.717, 1.165) is 22.9 Å². The van der Waals surface area contributed by atoms with Crippen molar-refractivity contribution in [2.75, 3.05) is 11.6 Å². The van der Waals surface area contributed by atoms with Crippen molar-refractivity contribution in [3.8, 4) is 0 Å². The first-order valence-corrected chi connectivity index (χ1v) is 8.37. The molecule has 0 amide bonds. The lowest BCUT2D eigenvalue weighted by Gasteiger charge is -2.19. The number of anilines is 2. The Hall–Kier alpha value is -1.26. The second-order valence-electron chi connectivity index (χ2n) is 5.92. The SMILES string of the molecule is CSc1cccc(Nc2nc(C(C)(C)C)nc(Cl)c2C)c1. The van der Waals surface area contributed by atoms with Gasteiger partial charge >= 0.3 is 0 Å². The number of halogens is 1. The summed E-state index contributed by atoms with van der Waals surface area (Å²) in [6.45, 7) is 8.15. The Kier molecular flexibility index (Phi) is 4.79. The van der Waals surface area contributed by atoms with E-state index in [1.165, 1.54) is 4.90 Å². The molecule has 1 heterocycles. The number of nitrogens with zero attached hydrogens (tertiary/aromatic N) is 2. The van der Waals surface area contributed by atoms with Crippen molar-refractivity contribution in [2.45, 2.75) is 38.0 Å². The molecule has 0 radical (unpaired) electrons. The van der Waals surface area contributed by atoms with Gasteiger partial charge < -0.3 is 5.32 Å². The van der Waals surface area contributed by atoms with Crippen LogP contribution in [0.25, 0.3) is 0 Å². The highest BCUT2D eigenvalue weighted by atomic mass is 35.5. The number of thioether (sulfide) groups is 1. The fourth-order valence-corrected chi connectivity index (χ4v) is 2.41. The average Bonchev–Trinajstić information content (AvgIpc) is 2.42. The van der Waals surface area contributed by atoms with Crippen LogP contribution in [0, 0.1) is 6.92 Å². The zero-order valence-electron chi connectivity index (χ0n) is 13.0. The van der Waals surface area contributed by atoms with Gasteiger partial charge in [0.2, 0.25) is 0 Å². The maximum absolute atomic E-state index is 6.25. The molecule has 0 aliphatic heterocycles. The molecule has 0 bridgehead atoms. The van der Waals surface area contributed by atoms with Crippen molar-refractivity contribution in [1.29, 1.82) is 0 Å². The van der Waals surface area contributed by atoms with Crippen molar-refractivity contribution in [2.24, 2.45) is 0 Å². The molecule has 0 atom stereocenters. The van der Waals surface area contributed by atoms with E-state index < -0.39 is 0 Å². The summed E-state index contributed by atoms with van der Waals surface area (Å²) in [5, 5.41) is 3.85. The van der Waals surface area contributed by atoms with Crippen LogP contribution in [0.2, 0.25) is 5.15 Å². The second kappa shape index (κ2) is 6.24. The average molecular weight is 322 g/mol. The third-order valence-electron chi connectivity index (χ3n) is 3.09. The van der Waals surface area contributed by atoms with Crippen LogP contribution < -0.4 is 5.32 Å². The summed E-state index contributed by atoms with van der Waals surface area (Å²) in [5.41, 5.74) is 1.72. The lowest BCUT2D eigenvalue weighted by atomic mass is 9.95. The first-order valence-electron chi connectivity index (χ1n) is 6.77. The highest BCUT2D eigenvalue weighted by molar-refractivity contribution is 7.98. The lowest BCUT2D eigenvalue weighted by molar-refractivity contribution is 0.545. The Morgan fingerprint density at radius 3 is 2.52 bits per heavy atom. The van der Waals surface area contributed by atoms with Crippen molar-refractivity contribution >= 4 is 34.9 Å². The van der Waals surface area contributed by atoms with E-state index >= 15 is 0 Å². The fourth-order valence-electron chi connectivity index (χ4n) is 1.78. The van der Waals surface area contributed by atoms with Crippen molar-refractivity contribution < 1.29 is 0 Å². The maximum Gasteiger partial charge on any atom is 0.138 e. The largest absolute Gasteiger partial charge is 0.340 e. The van der Waals surface area contributed by atoms with E-state index in [9.17, 15) is 0 Å². The quantitative estimate of drug-likeness (QED) is 0.622. The first-order chi connectivity index (χ1) is 9.81. The summed E-state index contributed by atoms with van der Waals surface area (Å²) >= 11 is 7.96. The third kappa shape index (κ3) is 3.89. The van der Waals surface area contributed by atoms with Crippen LogP contribution in [0.4, 0.5) is 11.5 Å². The monoisotopic (exact) mass is 321 g/mol. The van der Waals surface area contributed by atoms with Gasteiger partial charge in [0, 0.05) is 21.6 Å². The zero-order valence-corrected chi connectivity index (χ0v) is 14.6. The van der Waals surface area contributed by atoms with Crippen LogP contribution in [0.1, 0.15) is 32.2 Å². The normalized spacial score (nSPS) is 11.5. The molecule has 5 heteroatoms. The molecule has 0 unspecified atom stereocenters. The van der Waals surface area contributed by atoms with Crippen LogP contribution in [-0.4, -0.2) is 16.2 Å². The first kappa shape index (κ1) is 16.1. The molecule has 0 spiro atoms. The molecular weight excluding hydrogens is 302 g/mol. The number of hydrogen-bond acceptors (Lipinski definition) is 4. The number of hydrogen-bond donors (Lipinski definition) is 1. The molecule has 1 N–H and O–H groups in total. The summed E-state index contributed by atoms with van der Waals surface area (Å²) in [6.07, 6.45) is 2.06. The molecule has 0 aliphatic rings. The summed E-state index contributed by atoms with van der Waals surface area (Å²) in [7, 11) is 0. The topological polar surface area (TPSA) is 37.8 Å². The number of rotatable bonds is 3. The van der Waals surface area contributed by atoms with E-state index in [2.05, 4.69) is 54.4 Å². The third-order valence-corrected chi connectivity index (χ3v) is 4.18. The Labute approximate surface area is 135 Å². The highest BCUT2D eigenvalue weighted by Crippen LogP contribution is 2.29. The molecule has 21 heavy (non-hydrogen) atoms. The number of benzene rings is 1. The lowest BCUT2D eigenvalue weighted by Crippen LogP contribution is -2.17. The Morgan fingerprint density at radius 1 is 1.19 bits per heavy atom. The predicted molar refractivity (Wildman–Crippen MR) is 92.0 cm³/mol. The van der Waals surface area contributed by atoms with E-state index in [4.69, 9.17) is 11.6 Å². The van der Waals surface area contributed by atoms with E-state index in [-0.39, 0.29) is 5.41 Å². The summed E-state index contributed by atoms with van der Waals surface area (Å²) in [4.78, 5) is 10.2. The van der Waals surface area contributed by atoms with Gasteiger partial charge in [-0.25, -0.2) is 9.97 Å². The molecule has 3 nitrogen and oxygen atoms in total. The van der Waals surface area contributed by atoms with Gasteiger partial charge in [-0.15, -0.1) is 11.8 Å². The van der Waals surface area contributed by atoms with Crippen molar-refractivity contribution in [3.63, 3.8) is 0 Å². The van der Waals surface area contributed by atoms with Crippen molar-refractivity contribution in [3.05, 3.63) is 40.8 Å². The van der Waals surface area contributed by atoms with Crippen LogP contribution in [0.15, 0.2) is 29.2 Å². The van der Waals surface area contributed by atoms with Crippen LogP contribution in [0.3, 0.4) is 0 Å². The molecule has 2 aromatic rings. The smallest absolute Gasteiger partial charge is 0.138 e. The highest BCUT2D eigenvalue weighted by Gasteiger charge is 2.20. The molecule has 112 valence electrons. The molecule has 2 rings (SSSR count). The standard InChI is InChI=1S/C16H20ClN3S/c1-10-13(17)19-15(16(2,3)4)20-14(10)18-11-7-6-8-12(9-11)21-5/h6-9H,1-5H3,(H,18,19,20). The van der Waals surface area contributed by atoms with Gasteiger partial charge in [-0.05, 0) is 31.4 Å². The Morgan fingerprint density at radius 2 is 1.90 bits per heavy atom. The summed E-state index contributed by atoms with van der Waals surface area (Å²) < 4.78 is 0. The predicted octanol–water partition coefficient (Wildman–Crippen LogP) is 5.20. The van der Waals surface area contributed by atoms with Gasteiger partial charge in [-0.1, -0.05) is 38.4 Å². The molecule has 0 saturated carbocycles. The van der Waals surface area contributed by atoms with E-state index in [1.54, 1.807) is 11.8 Å². The Bertz CT molecular complexity index is 650.